The van der Waals surface area contributed by atoms with Gasteiger partial charge in [-0.25, -0.2) is 4.98 Å². The Balaban J connectivity index is 1.78. The van der Waals surface area contributed by atoms with E-state index in [1.807, 2.05) is 36.6 Å². The van der Waals surface area contributed by atoms with Gasteiger partial charge >= 0.3 is 0 Å². The molecule has 0 atom stereocenters. The number of imidazole rings is 1. The summed E-state index contributed by atoms with van der Waals surface area (Å²) in [4.78, 5) is 6.09. The highest BCUT2D eigenvalue weighted by Crippen LogP contribution is 2.18. The molecule has 2 heterocycles. The van der Waals surface area contributed by atoms with Crippen LogP contribution in [0.2, 0.25) is 0 Å². The topological polar surface area (TPSA) is 41.6 Å². The first kappa shape index (κ1) is 12.9. The van der Waals surface area contributed by atoms with Crippen molar-refractivity contribution in [3.05, 3.63) is 52.0 Å². The fourth-order valence-corrected chi connectivity index (χ4v) is 3.16. The van der Waals surface area contributed by atoms with Crippen molar-refractivity contribution < 1.29 is 0 Å². The number of fused-ring (bicyclic) bond motifs is 1. The van der Waals surface area contributed by atoms with Crippen LogP contribution in [0.3, 0.4) is 0 Å². The molecule has 0 fully saturated rings. The lowest BCUT2D eigenvalue weighted by molar-refractivity contribution is 0.737. The first-order valence-corrected chi connectivity index (χ1v) is 7.54. The van der Waals surface area contributed by atoms with Crippen LogP contribution in [0.25, 0.3) is 11.0 Å². The number of rotatable bonds is 4. The van der Waals surface area contributed by atoms with Gasteiger partial charge in [0.05, 0.1) is 22.7 Å². The summed E-state index contributed by atoms with van der Waals surface area (Å²) < 4.78 is 2.10. The lowest BCUT2D eigenvalue weighted by atomic mass is 10.2. The van der Waals surface area contributed by atoms with Gasteiger partial charge in [-0.05, 0) is 42.5 Å². The molecule has 0 N–H and O–H groups in total. The number of hydrogen-bond acceptors (Lipinski definition) is 3. The Bertz CT molecular complexity index is 763. The van der Waals surface area contributed by atoms with Crippen LogP contribution in [0.1, 0.15) is 22.7 Å². The van der Waals surface area contributed by atoms with Crippen LogP contribution in [0.5, 0.6) is 0 Å². The van der Waals surface area contributed by atoms with E-state index < -0.39 is 0 Å². The minimum Gasteiger partial charge on any atom is -0.331 e. The molecule has 0 unspecified atom stereocenters. The van der Waals surface area contributed by atoms with Crippen LogP contribution in [-0.4, -0.2) is 9.55 Å². The second kappa shape index (κ2) is 5.48. The van der Waals surface area contributed by atoms with Gasteiger partial charge in [-0.15, -0.1) is 11.3 Å². The van der Waals surface area contributed by atoms with E-state index in [4.69, 9.17) is 5.26 Å². The highest BCUT2D eigenvalue weighted by atomic mass is 32.1. The third-order valence-electron chi connectivity index (χ3n) is 3.51. The van der Waals surface area contributed by atoms with E-state index in [-0.39, 0.29) is 0 Å². The van der Waals surface area contributed by atoms with Crippen molar-refractivity contribution in [2.24, 2.45) is 7.05 Å². The lowest BCUT2D eigenvalue weighted by Crippen LogP contribution is -1.98. The molecule has 0 saturated heterocycles. The molecular formula is C16H15N3S. The van der Waals surface area contributed by atoms with E-state index in [0.29, 0.717) is 5.56 Å². The number of thiophene rings is 1. The third-order valence-corrected chi connectivity index (χ3v) is 4.44. The zero-order valence-corrected chi connectivity index (χ0v) is 12.2. The number of aromatic nitrogens is 2. The minimum absolute atomic E-state index is 0.686. The summed E-state index contributed by atoms with van der Waals surface area (Å²) in [6, 6.07) is 12.1. The maximum absolute atomic E-state index is 8.96. The van der Waals surface area contributed by atoms with E-state index in [1.54, 1.807) is 0 Å². The van der Waals surface area contributed by atoms with Crippen molar-refractivity contribution in [1.29, 1.82) is 5.26 Å². The molecule has 20 heavy (non-hydrogen) atoms. The monoisotopic (exact) mass is 281 g/mol. The molecule has 0 spiro atoms. The van der Waals surface area contributed by atoms with Gasteiger partial charge in [0, 0.05) is 18.3 Å². The first-order valence-electron chi connectivity index (χ1n) is 6.66. The summed E-state index contributed by atoms with van der Waals surface area (Å²) in [5.41, 5.74) is 2.69. The minimum atomic E-state index is 0.686. The largest absolute Gasteiger partial charge is 0.331 e. The Morgan fingerprint density at radius 2 is 2.20 bits per heavy atom. The zero-order chi connectivity index (χ0) is 13.9. The molecule has 3 nitrogen and oxygen atoms in total. The summed E-state index contributed by atoms with van der Waals surface area (Å²) in [5, 5.41) is 11.1. The maximum atomic E-state index is 8.96. The Labute approximate surface area is 122 Å². The molecule has 4 heteroatoms. The Morgan fingerprint density at radius 3 is 2.95 bits per heavy atom. The molecule has 3 rings (SSSR count). The molecule has 0 saturated carbocycles. The normalized spacial score (nSPS) is 10.8. The van der Waals surface area contributed by atoms with Gasteiger partial charge in [-0.1, -0.05) is 6.07 Å². The lowest BCUT2D eigenvalue weighted by Gasteiger charge is -2.02. The summed E-state index contributed by atoms with van der Waals surface area (Å²) in [7, 11) is 2.02. The van der Waals surface area contributed by atoms with Crippen LogP contribution in [-0.2, 0) is 19.9 Å². The summed E-state index contributed by atoms with van der Waals surface area (Å²) >= 11 is 1.81. The molecule has 1 aromatic carbocycles. The van der Waals surface area contributed by atoms with Crippen LogP contribution >= 0.6 is 11.3 Å². The zero-order valence-electron chi connectivity index (χ0n) is 11.3. The van der Waals surface area contributed by atoms with Gasteiger partial charge in [0.1, 0.15) is 5.82 Å². The van der Waals surface area contributed by atoms with E-state index in [1.165, 1.54) is 4.88 Å². The fourth-order valence-electron chi connectivity index (χ4n) is 2.41. The highest BCUT2D eigenvalue weighted by molar-refractivity contribution is 7.09. The van der Waals surface area contributed by atoms with Crippen LogP contribution < -0.4 is 0 Å². The molecule has 0 aliphatic rings. The van der Waals surface area contributed by atoms with Crippen LogP contribution in [0.4, 0.5) is 0 Å². The molecule has 3 aromatic rings. The molecular weight excluding hydrogens is 266 g/mol. The molecule has 0 aliphatic carbocycles. The van der Waals surface area contributed by atoms with Gasteiger partial charge in [-0.3, -0.25) is 0 Å². The van der Waals surface area contributed by atoms with Crippen molar-refractivity contribution in [2.75, 3.05) is 0 Å². The van der Waals surface area contributed by atoms with E-state index >= 15 is 0 Å². The third kappa shape index (κ3) is 2.45. The molecule has 0 bridgehead atoms. The Hall–Kier alpha value is -2.12. The van der Waals surface area contributed by atoms with Crippen LogP contribution in [0, 0.1) is 11.3 Å². The first-order chi connectivity index (χ1) is 9.78. The van der Waals surface area contributed by atoms with E-state index in [2.05, 4.69) is 33.1 Å². The SMILES string of the molecule is Cn1c(CCCc2cccs2)nc2ccc(C#N)cc21. The molecule has 0 amide bonds. The van der Waals surface area contributed by atoms with Crippen molar-refractivity contribution in [3.63, 3.8) is 0 Å². The Morgan fingerprint density at radius 1 is 1.30 bits per heavy atom. The van der Waals surface area contributed by atoms with Crippen molar-refractivity contribution >= 4 is 22.4 Å². The van der Waals surface area contributed by atoms with Crippen molar-refractivity contribution in [2.45, 2.75) is 19.3 Å². The second-order valence-corrected chi connectivity index (χ2v) is 5.87. The number of aryl methyl sites for hydroxylation is 3. The predicted molar refractivity (Wildman–Crippen MR) is 81.8 cm³/mol. The summed E-state index contributed by atoms with van der Waals surface area (Å²) in [5.74, 6) is 1.09. The van der Waals surface area contributed by atoms with E-state index in [0.717, 1.165) is 36.1 Å². The average molecular weight is 281 g/mol. The smallest absolute Gasteiger partial charge is 0.109 e. The summed E-state index contributed by atoms with van der Waals surface area (Å²) in [6.07, 6.45) is 3.16. The maximum Gasteiger partial charge on any atom is 0.109 e. The quantitative estimate of drug-likeness (QED) is 0.732. The van der Waals surface area contributed by atoms with E-state index in [9.17, 15) is 0 Å². The van der Waals surface area contributed by atoms with Gasteiger partial charge in [-0.2, -0.15) is 5.26 Å². The summed E-state index contributed by atoms with van der Waals surface area (Å²) in [6.45, 7) is 0. The molecule has 0 radical (unpaired) electrons. The fraction of sp³-hybridized carbons (Fsp3) is 0.250. The molecule has 0 aliphatic heterocycles. The number of hydrogen-bond donors (Lipinski definition) is 0. The van der Waals surface area contributed by atoms with Gasteiger partial charge < -0.3 is 4.57 Å². The molecule has 2 aromatic heterocycles. The van der Waals surface area contributed by atoms with Crippen LogP contribution in [0.15, 0.2) is 35.7 Å². The second-order valence-electron chi connectivity index (χ2n) is 4.84. The number of nitriles is 1. The molecule has 100 valence electrons. The van der Waals surface area contributed by atoms with Gasteiger partial charge in [0.15, 0.2) is 0 Å². The number of nitrogens with zero attached hydrogens (tertiary/aromatic N) is 3. The van der Waals surface area contributed by atoms with Crippen molar-refractivity contribution in [1.82, 2.24) is 9.55 Å². The highest BCUT2D eigenvalue weighted by Gasteiger charge is 2.08. The predicted octanol–water partition coefficient (Wildman–Crippen LogP) is 3.68. The van der Waals surface area contributed by atoms with Crippen molar-refractivity contribution in [3.8, 4) is 6.07 Å². The standard InChI is InChI=1S/C16H15N3S/c1-19-15-10-12(11-17)7-8-14(15)18-16(19)6-2-4-13-5-3-9-20-13/h3,5,7-10H,2,4,6H2,1H3. The average Bonchev–Trinajstić information content (AvgIpc) is 3.08. The Kier molecular flexibility index (Phi) is 3.53. The number of benzene rings is 1. The van der Waals surface area contributed by atoms with Gasteiger partial charge in [0.2, 0.25) is 0 Å². The van der Waals surface area contributed by atoms with Gasteiger partial charge in [0.25, 0.3) is 0 Å².